The highest BCUT2D eigenvalue weighted by Gasteiger charge is 2.12. The van der Waals surface area contributed by atoms with Crippen LogP contribution in [-0.4, -0.2) is 14.8 Å². The van der Waals surface area contributed by atoms with Crippen LogP contribution in [0.5, 0.6) is 0 Å². The summed E-state index contributed by atoms with van der Waals surface area (Å²) < 4.78 is 2.14. The molecule has 0 radical (unpaired) electrons. The quantitative estimate of drug-likeness (QED) is 0.790. The van der Waals surface area contributed by atoms with Gasteiger partial charge in [-0.2, -0.15) is 0 Å². The van der Waals surface area contributed by atoms with Gasteiger partial charge in [-0.25, -0.2) is 0 Å². The molecular weight excluding hydrogens is 266 g/mol. The smallest absolute Gasteiger partial charge is 0.191 e. The molecule has 0 spiro atoms. The van der Waals surface area contributed by atoms with Crippen LogP contribution in [0.15, 0.2) is 29.4 Å². The van der Waals surface area contributed by atoms with Gasteiger partial charge in [0.15, 0.2) is 5.16 Å². The molecule has 0 amide bonds. The van der Waals surface area contributed by atoms with Crippen molar-refractivity contribution in [3.05, 3.63) is 40.7 Å². The van der Waals surface area contributed by atoms with E-state index in [4.69, 9.17) is 11.6 Å². The van der Waals surface area contributed by atoms with Crippen LogP contribution >= 0.6 is 23.4 Å². The molecule has 0 atom stereocenters. The fourth-order valence-electron chi connectivity index (χ4n) is 1.80. The van der Waals surface area contributed by atoms with E-state index in [9.17, 15) is 0 Å². The Morgan fingerprint density at radius 3 is 2.67 bits per heavy atom. The van der Waals surface area contributed by atoms with Gasteiger partial charge in [-0.05, 0) is 32.4 Å². The summed E-state index contributed by atoms with van der Waals surface area (Å²) >= 11 is 7.81. The van der Waals surface area contributed by atoms with Crippen LogP contribution in [-0.2, 0) is 5.75 Å². The maximum Gasteiger partial charge on any atom is 0.191 e. The molecule has 5 heteroatoms. The molecule has 0 aliphatic carbocycles. The van der Waals surface area contributed by atoms with Crippen LogP contribution in [0.25, 0.3) is 0 Å². The number of hydrogen-bond acceptors (Lipinski definition) is 3. The third-order valence-electron chi connectivity index (χ3n) is 2.67. The fraction of sp³-hybridized carbons (Fsp3) is 0.385. The molecule has 0 saturated carbocycles. The Morgan fingerprint density at radius 2 is 2.00 bits per heavy atom. The number of halogens is 1. The maximum absolute atomic E-state index is 6.14. The van der Waals surface area contributed by atoms with E-state index in [0.717, 1.165) is 27.3 Å². The lowest BCUT2D eigenvalue weighted by Crippen LogP contribution is -2.04. The maximum atomic E-state index is 6.14. The Morgan fingerprint density at radius 1 is 1.28 bits per heavy atom. The molecule has 1 aromatic carbocycles. The summed E-state index contributed by atoms with van der Waals surface area (Å²) in [4.78, 5) is 0. The topological polar surface area (TPSA) is 30.7 Å². The third kappa shape index (κ3) is 2.87. The van der Waals surface area contributed by atoms with E-state index in [1.807, 2.05) is 31.2 Å². The molecule has 18 heavy (non-hydrogen) atoms. The molecule has 2 rings (SSSR count). The van der Waals surface area contributed by atoms with E-state index in [1.54, 1.807) is 11.8 Å². The molecule has 96 valence electrons. The molecule has 2 aromatic rings. The molecule has 0 saturated heterocycles. The summed E-state index contributed by atoms with van der Waals surface area (Å²) in [7, 11) is 0. The first-order valence-corrected chi connectivity index (χ1v) is 7.23. The predicted octanol–water partition coefficient (Wildman–Crippen LogP) is 4.11. The largest absolute Gasteiger partial charge is 0.304 e. The first-order chi connectivity index (χ1) is 8.59. The number of aryl methyl sites for hydroxylation is 1. The van der Waals surface area contributed by atoms with Gasteiger partial charge >= 0.3 is 0 Å². The van der Waals surface area contributed by atoms with Gasteiger partial charge in [0.2, 0.25) is 0 Å². The monoisotopic (exact) mass is 281 g/mol. The van der Waals surface area contributed by atoms with Gasteiger partial charge in [-0.3, -0.25) is 0 Å². The minimum Gasteiger partial charge on any atom is -0.304 e. The van der Waals surface area contributed by atoms with Gasteiger partial charge in [-0.1, -0.05) is 41.6 Å². The summed E-state index contributed by atoms with van der Waals surface area (Å²) in [6.45, 7) is 6.25. The van der Waals surface area contributed by atoms with Crippen LogP contribution in [0.2, 0.25) is 5.02 Å². The van der Waals surface area contributed by atoms with Gasteiger partial charge in [-0.15, -0.1) is 10.2 Å². The second kappa shape index (κ2) is 5.76. The van der Waals surface area contributed by atoms with Crippen molar-refractivity contribution in [2.45, 2.75) is 37.7 Å². The lowest BCUT2D eigenvalue weighted by atomic mass is 10.2. The molecule has 3 nitrogen and oxygen atoms in total. The summed E-state index contributed by atoms with van der Waals surface area (Å²) in [6, 6.07) is 8.26. The molecule has 0 unspecified atom stereocenters. The van der Waals surface area contributed by atoms with Gasteiger partial charge in [0.1, 0.15) is 5.82 Å². The second-order valence-electron chi connectivity index (χ2n) is 4.37. The average Bonchev–Trinajstić information content (AvgIpc) is 2.69. The van der Waals surface area contributed by atoms with E-state index in [0.29, 0.717) is 6.04 Å². The Balaban J connectivity index is 2.14. The zero-order chi connectivity index (χ0) is 13.1. The van der Waals surface area contributed by atoms with Crippen molar-refractivity contribution in [3.8, 4) is 0 Å². The Hall–Kier alpha value is -1.00. The fourth-order valence-corrected chi connectivity index (χ4v) is 3.20. The molecule has 0 N–H and O–H groups in total. The Labute approximate surface area is 117 Å². The Bertz CT molecular complexity index is 537. The molecule has 1 heterocycles. The third-order valence-corrected chi connectivity index (χ3v) is 4.03. The van der Waals surface area contributed by atoms with Crippen molar-refractivity contribution in [3.63, 3.8) is 0 Å². The van der Waals surface area contributed by atoms with Crippen molar-refractivity contribution in [2.24, 2.45) is 0 Å². The standard InChI is InChI=1S/C13H16ClN3S/c1-9(2)17-10(3)15-16-13(17)18-8-11-6-4-5-7-12(11)14/h4-7,9H,8H2,1-3H3. The molecule has 0 aliphatic heterocycles. The molecule has 0 bridgehead atoms. The highest BCUT2D eigenvalue weighted by molar-refractivity contribution is 7.98. The summed E-state index contributed by atoms with van der Waals surface area (Å²) in [5, 5.41) is 10.1. The molecule has 0 fully saturated rings. The number of hydrogen-bond donors (Lipinski definition) is 0. The van der Waals surface area contributed by atoms with E-state index < -0.39 is 0 Å². The summed E-state index contributed by atoms with van der Waals surface area (Å²) in [5.41, 5.74) is 1.13. The van der Waals surface area contributed by atoms with E-state index in [2.05, 4.69) is 28.6 Å². The zero-order valence-electron chi connectivity index (χ0n) is 10.7. The van der Waals surface area contributed by atoms with Crippen molar-refractivity contribution in [1.82, 2.24) is 14.8 Å². The average molecular weight is 282 g/mol. The van der Waals surface area contributed by atoms with Crippen LogP contribution in [0.3, 0.4) is 0 Å². The summed E-state index contributed by atoms with van der Waals surface area (Å²) in [5.74, 6) is 1.76. The first kappa shape index (κ1) is 13.4. The van der Waals surface area contributed by atoms with Gasteiger partial charge < -0.3 is 4.57 Å². The van der Waals surface area contributed by atoms with E-state index in [1.165, 1.54) is 0 Å². The lowest BCUT2D eigenvalue weighted by Gasteiger charge is -2.11. The van der Waals surface area contributed by atoms with Gasteiger partial charge in [0.05, 0.1) is 0 Å². The van der Waals surface area contributed by atoms with Crippen molar-refractivity contribution in [2.75, 3.05) is 0 Å². The predicted molar refractivity (Wildman–Crippen MR) is 76.2 cm³/mol. The van der Waals surface area contributed by atoms with E-state index in [-0.39, 0.29) is 0 Å². The highest BCUT2D eigenvalue weighted by Crippen LogP contribution is 2.27. The van der Waals surface area contributed by atoms with Crippen LogP contribution in [0, 0.1) is 6.92 Å². The van der Waals surface area contributed by atoms with Crippen molar-refractivity contribution < 1.29 is 0 Å². The molecule has 1 aromatic heterocycles. The molecule has 0 aliphatic rings. The SMILES string of the molecule is Cc1nnc(SCc2ccccc2Cl)n1C(C)C. The van der Waals surface area contributed by atoms with Crippen LogP contribution < -0.4 is 0 Å². The Kier molecular flexibility index (Phi) is 4.30. The first-order valence-electron chi connectivity index (χ1n) is 5.87. The molecular formula is C13H16ClN3S. The van der Waals surface area contributed by atoms with Crippen LogP contribution in [0.1, 0.15) is 31.3 Å². The van der Waals surface area contributed by atoms with Crippen molar-refractivity contribution >= 4 is 23.4 Å². The number of nitrogens with zero attached hydrogens (tertiary/aromatic N) is 3. The zero-order valence-corrected chi connectivity index (χ0v) is 12.3. The highest BCUT2D eigenvalue weighted by atomic mass is 35.5. The van der Waals surface area contributed by atoms with Gasteiger partial charge in [0, 0.05) is 16.8 Å². The minimum atomic E-state index is 0.369. The number of aromatic nitrogens is 3. The van der Waals surface area contributed by atoms with Crippen molar-refractivity contribution in [1.29, 1.82) is 0 Å². The normalized spacial score (nSPS) is 11.2. The minimum absolute atomic E-state index is 0.369. The summed E-state index contributed by atoms with van der Waals surface area (Å²) in [6.07, 6.45) is 0. The van der Waals surface area contributed by atoms with E-state index >= 15 is 0 Å². The second-order valence-corrected chi connectivity index (χ2v) is 5.72. The number of benzene rings is 1. The van der Waals surface area contributed by atoms with Gasteiger partial charge in [0.25, 0.3) is 0 Å². The number of rotatable bonds is 4. The van der Waals surface area contributed by atoms with Crippen LogP contribution in [0.4, 0.5) is 0 Å². The lowest BCUT2D eigenvalue weighted by molar-refractivity contribution is 0.536. The number of thioether (sulfide) groups is 1.